The minimum Gasteiger partial charge on any atom is -0.130 e. The normalized spacial score (nSPS) is 12.4. The quantitative estimate of drug-likeness (QED) is 0.504. The summed E-state index contributed by atoms with van der Waals surface area (Å²) >= 11 is 11.5. The molecular weight excluding hydrogens is 328 g/mol. The first-order valence-corrected chi connectivity index (χ1v) is 8.23. The highest BCUT2D eigenvalue weighted by Crippen LogP contribution is 2.29. The van der Waals surface area contributed by atoms with E-state index in [-0.39, 0.29) is 0 Å². The average molecular weight is 342 g/mol. The Kier molecular flexibility index (Phi) is 5.16. The number of rotatable bonds is 4. The highest BCUT2D eigenvalue weighted by molar-refractivity contribution is 9.09. The van der Waals surface area contributed by atoms with E-state index in [0.29, 0.717) is 4.83 Å². The zero-order valence-corrected chi connectivity index (χ0v) is 13.2. The Bertz CT molecular complexity index is 510. The second-order valence-electron chi connectivity index (χ2n) is 4.07. The second-order valence-corrected chi connectivity index (χ2v) is 6.50. The minimum absolute atomic E-state index is 0.326. The third-order valence-electron chi connectivity index (χ3n) is 2.78. The number of hydrogen-bond acceptors (Lipinski definition) is 1. The molecule has 3 heteroatoms. The van der Waals surface area contributed by atoms with Crippen molar-refractivity contribution in [3.05, 3.63) is 64.7 Å². The SMILES string of the molecule is CSc1ccc(C(Br)Cc2cccc(Cl)c2)cc1. The topological polar surface area (TPSA) is 0 Å². The molecule has 0 aromatic heterocycles. The Morgan fingerprint density at radius 2 is 1.89 bits per heavy atom. The molecule has 0 radical (unpaired) electrons. The summed E-state index contributed by atoms with van der Waals surface area (Å²) < 4.78 is 0. The van der Waals surface area contributed by atoms with Crippen molar-refractivity contribution in [1.29, 1.82) is 0 Å². The Hall–Kier alpha value is -0.440. The maximum atomic E-state index is 6.00. The molecule has 0 nitrogen and oxygen atoms in total. The molecule has 1 atom stereocenters. The number of alkyl halides is 1. The van der Waals surface area contributed by atoms with Crippen molar-refractivity contribution in [3.8, 4) is 0 Å². The summed E-state index contributed by atoms with van der Waals surface area (Å²) in [4.78, 5) is 1.62. The molecule has 0 heterocycles. The van der Waals surface area contributed by atoms with E-state index in [4.69, 9.17) is 11.6 Å². The lowest BCUT2D eigenvalue weighted by atomic mass is 10.0. The molecule has 0 aliphatic rings. The Morgan fingerprint density at radius 3 is 2.50 bits per heavy atom. The molecule has 0 spiro atoms. The van der Waals surface area contributed by atoms with Gasteiger partial charge >= 0.3 is 0 Å². The van der Waals surface area contributed by atoms with Gasteiger partial charge in [-0.15, -0.1) is 11.8 Å². The van der Waals surface area contributed by atoms with E-state index in [9.17, 15) is 0 Å². The van der Waals surface area contributed by atoms with E-state index in [2.05, 4.69) is 52.5 Å². The molecule has 2 aromatic rings. The molecule has 0 aliphatic heterocycles. The summed E-state index contributed by atoms with van der Waals surface area (Å²) in [7, 11) is 0. The molecule has 0 bridgehead atoms. The molecular formula is C15H14BrClS. The average Bonchev–Trinajstić information content (AvgIpc) is 2.39. The van der Waals surface area contributed by atoms with Crippen molar-refractivity contribution in [2.24, 2.45) is 0 Å². The lowest BCUT2D eigenvalue weighted by Gasteiger charge is -2.11. The van der Waals surface area contributed by atoms with Gasteiger partial charge in [-0.1, -0.05) is 51.8 Å². The fourth-order valence-corrected chi connectivity index (χ4v) is 3.10. The third kappa shape index (κ3) is 3.78. The summed E-state index contributed by atoms with van der Waals surface area (Å²) in [6.07, 6.45) is 3.03. The molecule has 0 saturated heterocycles. The molecule has 0 fully saturated rings. The lowest BCUT2D eigenvalue weighted by Crippen LogP contribution is -1.95. The Labute approximate surface area is 126 Å². The van der Waals surface area contributed by atoms with Gasteiger partial charge < -0.3 is 0 Å². The lowest BCUT2D eigenvalue weighted by molar-refractivity contribution is 0.947. The van der Waals surface area contributed by atoms with Gasteiger partial charge in [-0.3, -0.25) is 0 Å². The number of hydrogen-bond donors (Lipinski definition) is 0. The first-order chi connectivity index (χ1) is 8.69. The van der Waals surface area contributed by atoms with Crippen LogP contribution in [-0.2, 0) is 6.42 Å². The van der Waals surface area contributed by atoms with Crippen molar-refractivity contribution in [2.75, 3.05) is 6.26 Å². The molecule has 18 heavy (non-hydrogen) atoms. The third-order valence-corrected chi connectivity index (χ3v) is 4.61. The summed E-state index contributed by atoms with van der Waals surface area (Å²) in [5.74, 6) is 0. The van der Waals surface area contributed by atoms with E-state index in [1.807, 2.05) is 18.2 Å². The molecule has 2 aromatic carbocycles. The van der Waals surface area contributed by atoms with Crippen LogP contribution in [0.3, 0.4) is 0 Å². The van der Waals surface area contributed by atoms with Crippen LogP contribution in [0.15, 0.2) is 53.4 Å². The molecule has 0 aliphatic carbocycles. The van der Waals surface area contributed by atoms with E-state index in [1.54, 1.807) is 11.8 Å². The van der Waals surface area contributed by atoms with Crippen molar-refractivity contribution in [2.45, 2.75) is 16.1 Å². The van der Waals surface area contributed by atoms with Gasteiger partial charge in [-0.25, -0.2) is 0 Å². The predicted octanol–water partition coefficient (Wildman–Crippen LogP) is 5.74. The Morgan fingerprint density at radius 1 is 1.17 bits per heavy atom. The van der Waals surface area contributed by atoms with E-state index < -0.39 is 0 Å². The van der Waals surface area contributed by atoms with Gasteiger partial charge in [0.2, 0.25) is 0 Å². The smallest absolute Gasteiger partial charge is 0.0435 e. The number of benzene rings is 2. The molecule has 1 unspecified atom stereocenters. The summed E-state index contributed by atoms with van der Waals surface area (Å²) in [5.41, 5.74) is 2.55. The fraction of sp³-hybridized carbons (Fsp3) is 0.200. The van der Waals surface area contributed by atoms with Crippen LogP contribution in [-0.4, -0.2) is 6.26 Å². The first kappa shape index (κ1) is 14.0. The van der Waals surface area contributed by atoms with Gasteiger partial charge in [-0.2, -0.15) is 0 Å². The summed E-state index contributed by atoms with van der Waals surface area (Å²) in [6.45, 7) is 0. The van der Waals surface area contributed by atoms with Crippen LogP contribution in [0, 0.1) is 0 Å². The van der Waals surface area contributed by atoms with Gasteiger partial charge in [0.05, 0.1) is 0 Å². The standard InChI is InChI=1S/C15H14BrClS/c1-18-14-7-5-12(6-8-14)15(16)10-11-3-2-4-13(17)9-11/h2-9,15H,10H2,1H3. The van der Waals surface area contributed by atoms with Gasteiger partial charge in [0.25, 0.3) is 0 Å². The van der Waals surface area contributed by atoms with Crippen LogP contribution in [0.2, 0.25) is 5.02 Å². The molecule has 0 amide bonds. The van der Waals surface area contributed by atoms with Crippen LogP contribution >= 0.6 is 39.3 Å². The summed E-state index contributed by atoms with van der Waals surface area (Å²) in [5, 5.41) is 0.796. The van der Waals surface area contributed by atoms with Crippen molar-refractivity contribution < 1.29 is 0 Å². The van der Waals surface area contributed by atoms with Gasteiger partial charge in [0.15, 0.2) is 0 Å². The predicted molar refractivity (Wildman–Crippen MR) is 85.0 cm³/mol. The zero-order valence-electron chi connectivity index (χ0n) is 10.1. The van der Waals surface area contributed by atoms with Gasteiger partial charge in [0, 0.05) is 14.7 Å². The zero-order chi connectivity index (χ0) is 13.0. The van der Waals surface area contributed by atoms with Crippen molar-refractivity contribution >= 4 is 39.3 Å². The number of halogens is 2. The van der Waals surface area contributed by atoms with Crippen LogP contribution in [0.5, 0.6) is 0 Å². The molecule has 2 rings (SSSR count). The minimum atomic E-state index is 0.326. The van der Waals surface area contributed by atoms with E-state index in [0.717, 1.165) is 11.4 Å². The van der Waals surface area contributed by atoms with Gasteiger partial charge in [0.1, 0.15) is 0 Å². The summed E-state index contributed by atoms with van der Waals surface area (Å²) in [6, 6.07) is 16.7. The van der Waals surface area contributed by atoms with Crippen LogP contribution in [0.1, 0.15) is 16.0 Å². The maximum absolute atomic E-state index is 6.00. The fourth-order valence-electron chi connectivity index (χ4n) is 1.80. The Balaban J connectivity index is 2.09. The first-order valence-electron chi connectivity index (χ1n) is 5.71. The monoisotopic (exact) mass is 340 g/mol. The number of thioether (sulfide) groups is 1. The van der Waals surface area contributed by atoms with Crippen LogP contribution in [0.4, 0.5) is 0 Å². The molecule has 94 valence electrons. The highest BCUT2D eigenvalue weighted by Gasteiger charge is 2.08. The molecule has 0 saturated carbocycles. The van der Waals surface area contributed by atoms with Crippen LogP contribution in [0.25, 0.3) is 0 Å². The largest absolute Gasteiger partial charge is 0.130 e. The van der Waals surface area contributed by atoms with E-state index >= 15 is 0 Å². The van der Waals surface area contributed by atoms with Crippen molar-refractivity contribution in [1.82, 2.24) is 0 Å². The van der Waals surface area contributed by atoms with Crippen molar-refractivity contribution in [3.63, 3.8) is 0 Å². The van der Waals surface area contributed by atoms with E-state index in [1.165, 1.54) is 16.0 Å². The van der Waals surface area contributed by atoms with Crippen LogP contribution < -0.4 is 0 Å². The highest BCUT2D eigenvalue weighted by atomic mass is 79.9. The maximum Gasteiger partial charge on any atom is 0.0435 e. The second kappa shape index (κ2) is 6.65. The van der Waals surface area contributed by atoms with Gasteiger partial charge in [-0.05, 0) is 48.1 Å². The molecule has 0 N–H and O–H groups in total.